The van der Waals surface area contributed by atoms with Crippen molar-refractivity contribution < 1.29 is 32.2 Å². The van der Waals surface area contributed by atoms with Crippen LogP contribution in [-0.4, -0.2) is 44.8 Å². The van der Waals surface area contributed by atoms with Crippen molar-refractivity contribution in [1.82, 2.24) is 19.5 Å². The molecule has 1 fully saturated rings. The van der Waals surface area contributed by atoms with Gasteiger partial charge in [0.1, 0.15) is 34.2 Å². The van der Waals surface area contributed by atoms with E-state index in [-0.39, 0.29) is 59.5 Å². The minimum Gasteiger partial charge on any atom is -0.473 e. The van der Waals surface area contributed by atoms with Crippen LogP contribution in [0.5, 0.6) is 5.88 Å². The normalized spacial score (nSPS) is 14.4. The van der Waals surface area contributed by atoms with Crippen LogP contribution in [0.3, 0.4) is 0 Å². The molecule has 6 rings (SSSR count). The maximum Gasteiger partial charge on any atom is 0.338 e. The first-order chi connectivity index (χ1) is 21.3. The van der Waals surface area contributed by atoms with E-state index >= 15 is 13.2 Å². The van der Waals surface area contributed by atoms with E-state index in [9.17, 15) is 4.79 Å². The minimum absolute atomic E-state index is 0.0183. The Bertz CT molecular complexity index is 1840. The maximum absolute atomic E-state index is 15.5. The number of imidazole rings is 1. The zero-order chi connectivity index (χ0) is 30.8. The summed E-state index contributed by atoms with van der Waals surface area (Å²) in [5.74, 6) is -2.21. The molecule has 1 saturated heterocycles. The lowest BCUT2D eigenvalue weighted by atomic mass is 10.0. The summed E-state index contributed by atoms with van der Waals surface area (Å²) in [4.78, 5) is 25.3. The van der Waals surface area contributed by atoms with Crippen LogP contribution in [0, 0.1) is 17.5 Å². The van der Waals surface area contributed by atoms with Crippen LogP contribution in [0.4, 0.5) is 13.2 Å². The Morgan fingerprint density at radius 1 is 1.07 bits per heavy atom. The third-order valence-electron chi connectivity index (χ3n) is 7.24. The molecule has 0 bridgehead atoms. The van der Waals surface area contributed by atoms with Gasteiger partial charge in [-0.2, -0.15) is 0 Å². The molecule has 1 unspecified atom stereocenters. The van der Waals surface area contributed by atoms with Crippen molar-refractivity contribution in [2.24, 2.45) is 0 Å². The average Bonchev–Trinajstić information content (AvgIpc) is 3.33. The molecule has 3 aromatic heterocycles. The molecule has 2 aromatic carbocycles. The first kappa shape index (κ1) is 29.8. The van der Waals surface area contributed by atoms with Gasteiger partial charge in [0, 0.05) is 36.4 Å². The summed E-state index contributed by atoms with van der Waals surface area (Å²) in [6.07, 6.45) is 2.16. The minimum atomic E-state index is -0.716. The lowest BCUT2D eigenvalue weighted by molar-refractivity contribution is -0.0589. The van der Waals surface area contributed by atoms with Crippen LogP contribution in [0.25, 0.3) is 22.3 Å². The number of fused-ring (bicyclic) bond motifs is 1. The second-order valence-electron chi connectivity index (χ2n) is 10.2. The standard InChI is InChI=1S/C32H26BrF3N4O4/c1-2-42-32(41)20-11-25(36)31-27(12-20)40(16-21-8-9-43-21)29(39-31)13-19-10-24(35)22(14-23(19)34)26-4-3-5-30(38-26)44-17-18-6-7-28(33)37-15-18/h3-7,10-12,14-15,21H,2,8-9,13,16-17H2,1H3. The topological polar surface area (TPSA) is 88.4 Å². The molecule has 1 atom stereocenters. The molecule has 12 heteroatoms. The maximum atomic E-state index is 15.5. The molecule has 44 heavy (non-hydrogen) atoms. The van der Waals surface area contributed by atoms with E-state index in [1.165, 1.54) is 6.07 Å². The monoisotopic (exact) mass is 666 g/mol. The van der Waals surface area contributed by atoms with Gasteiger partial charge in [-0.3, -0.25) is 0 Å². The largest absolute Gasteiger partial charge is 0.473 e. The molecule has 0 radical (unpaired) electrons. The van der Waals surface area contributed by atoms with E-state index in [4.69, 9.17) is 14.2 Å². The Labute approximate surface area is 259 Å². The summed E-state index contributed by atoms with van der Waals surface area (Å²) in [6, 6.07) is 13.2. The number of aromatic nitrogens is 4. The van der Waals surface area contributed by atoms with Gasteiger partial charge in [0.05, 0.1) is 36.0 Å². The number of halogens is 4. The predicted octanol–water partition coefficient (Wildman–Crippen LogP) is 6.81. The fourth-order valence-corrected chi connectivity index (χ4v) is 5.15. The van der Waals surface area contributed by atoms with Gasteiger partial charge in [-0.1, -0.05) is 12.1 Å². The van der Waals surface area contributed by atoms with Gasteiger partial charge in [-0.05, 0) is 71.2 Å². The molecule has 226 valence electrons. The number of hydrogen-bond donors (Lipinski definition) is 0. The summed E-state index contributed by atoms with van der Waals surface area (Å²) in [6.45, 7) is 2.90. The number of carbonyl (C=O) groups is 1. The lowest BCUT2D eigenvalue weighted by Crippen LogP contribution is -2.31. The highest BCUT2D eigenvalue weighted by Crippen LogP contribution is 2.30. The van der Waals surface area contributed by atoms with Crippen LogP contribution in [0.1, 0.15) is 40.7 Å². The second-order valence-corrected chi connectivity index (χ2v) is 11.0. The summed E-state index contributed by atoms with van der Waals surface area (Å²) in [5.41, 5.74) is 1.40. The molecule has 8 nitrogen and oxygen atoms in total. The number of carbonyl (C=O) groups excluding carboxylic acids is 1. The van der Waals surface area contributed by atoms with E-state index in [0.29, 0.717) is 29.1 Å². The van der Waals surface area contributed by atoms with E-state index in [2.05, 4.69) is 30.9 Å². The molecular formula is C32H26BrF3N4O4. The number of rotatable bonds is 10. The molecular weight excluding hydrogens is 641 g/mol. The zero-order valence-corrected chi connectivity index (χ0v) is 25.1. The Hall–Kier alpha value is -4.29. The van der Waals surface area contributed by atoms with Crippen LogP contribution in [0.15, 0.2) is 65.4 Å². The van der Waals surface area contributed by atoms with Crippen molar-refractivity contribution in [2.75, 3.05) is 13.2 Å². The zero-order valence-electron chi connectivity index (χ0n) is 23.5. The van der Waals surface area contributed by atoms with Crippen molar-refractivity contribution in [3.8, 4) is 17.1 Å². The van der Waals surface area contributed by atoms with Gasteiger partial charge >= 0.3 is 5.97 Å². The molecule has 1 aliphatic heterocycles. The van der Waals surface area contributed by atoms with E-state index in [1.54, 1.807) is 42.0 Å². The quantitative estimate of drug-likeness (QED) is 0.120. The highest BCUT2D eigenvalue weighted by atomic mass is 79.9. The fraction of sp³-hybridized carbons (Fsp3) is 0.250. The van der Waals surface area contributed by atoms with Crippen molar-refractivity contribution in [1.29, 1.82) is 0 Å². The molecule has 0 saturated carbocycles. The number of pyridine rings is 2. The van der Waals surface area contributed by atoms with Crippen molar-refractivity contribution in [3.05, 3.63) is 105 Å². The molecule has 1 aliphatic rings. The summed E-state index contributed by atoms with van der Waals surface area (Å²) in [7, 11) is 0. The third-order valence-corrected chi connectivity index (χ3v) is 7.71. The molecule has 5 aromatic rings. The molecule has 0 amide bonds. The van der Waals surface area contributed by atoms with E-state index in [1.807, 2.05) is 6.07 Å². The van der Waals surface area contributed by atoms with Gasteiger partial charge < -0.3 is 18.8 Å². The fourth-order valence-electron chi connectivity index (χ4n) is 4.92. The molecule has 0 aliphatic carbocycles. The molecule has 0 spiro atoms. The van der Waals surface area contributed by atoms with Gasteiger partial charge in [0.2, 0.25) is 5.88 Å². The second kappa shape index (κ2) is 12.7. The molecule has 4 heterocycles. The summed E-state index contributed by atoms with van der Waals surface area (Å²) >= 11 is 3.28. The molecule has 0 N–H and O–H groups in total. The Morgan fingerprint density at radius 2 is 1.91 bits per heavy atom. The number of ether oxygens (including phenoxy) is 3. The Kier molecular flexibility index (Phi) is 8.62. The van der Waals surface area contributed by atoms with Gasteiger partial charge in [-0.15, -0.1) is 0 Å². The predicted molar refractivity (Wildman–Crippen MR) is 159 cm³/mol. The van der Waals surface area contributed by atoms with Crippen LogP contribution in [-0.2, 0) is 29.0 Å². The van der Waals surface area contributed by atoms with Crippen LogP contribution < -0.4 is 4.74 Å². The Balaban J connectivity index is 1.29. The summed E-state index contributed by atoms with van der Waals surface area (Å²) in [5, 5.41) is 0. The number of hydrogen-bond acceptors (Lipinski definition) is 7. The number of nitrogens with zero attached hydrogens (tertiary/aromatic N) is 4. The number of esters is 1. The van der Waals surface area contributed by atoms with Gasteiger partial charge in [-0.25, -0.2) is 32.9 Å². The smallest absolute Gasteiger partial charge is 0.338 e. The van der Waals surface area contributed by atoms with Crippen molar-refractivity contribution >= 4 is 32.9 Å². The first-order valence-corrected chi connectivity index (χ1v) is 14.7. The van der Waals surface area contributed by atoms with Crippen molar-refractivity contribution in [2.45, 2.75) is 39.0 Å². The lowest BCUT2D eigenvalue weighted by Gasteiger charge is -2.27. The van der Waals surface area contributed by atoms with Gasteiger partial charge in [0.15, 0.2) is 5.82 Å². The number of benzene rings is 2. The first-order valence-electron chi connectivity index (χ1n) is 13.9. The van der Waals surface area contributed by atoms with Gasteiger partial charge in [0.25, 0.3) is 0 Å². The Morgan fingerprint density at radius 3 is 2.64 bits per heavy atom. The summed E-state index contributed by atoms with van der Waals surface area (Å²) < 4.78 is 64.9. The highest BCUT2D eigenvalue weighted by molar-refractivity contribution is 9.10. The van der Waals surface area contributed by atoms with Crippen molar-refractivity contribution in [3.63, 3.8) is 0 Å². The highest BCUT2D eigenvalue weighted by Gasteiger charge is 2.25. The average molecular weight is 667 g/mol. The van der Waals surface area contributed by atoms with E-state index < -0.39 is 23.4 Å². The van der Waals surface area contributed by atoms with Crippen LogP contribution in [0.2, 0.25) is 0 Å². The van der Waals surface area contributed by atoms with Crippen LogP contribution >= 0.6 is 15.9 Å². The SMILES string of the molecule is CCOC(=O)c1cc(F)c2nc(Cc3cc(F)c(-c4cccc(OCc5ccc(Br)nc5)n4)cc3F)n(CC3CCO3)c2c1. The third kappa shape index (κ3) is 6.31. The van der Waals surface area contributed by atoms with E-state index in [0.717, 1.165) is 30.2 Å².